The summed E-state index contributed by atoms with van der Waals surface area (Å²) in [7, 11) is 0. The van der Waals surface area contributed by atoms with Gasteiger partial charge in [0.05, 0.1) is 5.56 Å². The standard InChI is InChI=1S/C22H14F4O2/c23-18-9-7-17(8-10-18)21(22(24,25)26)13-16-12-15(14-4-2-1-3-5-14)6-11-19(16)20(27)28-21/h1-12H,13H2/t21-/m0/s1. The van der Waals surface area contributed by atoms with Gasteiger partial charge in [0.1, 0.15) is 5.82 Å². The Hall–Kier alpha value is -3.15. The predicted octanol–water partition coefficient (Wildman–Crippen LogP) is 5.66. The lowest BCUT2D eigenvalue weighted by atomic mass is 9.81. The monoisotopic (exact) mass is 386 g/mol. The van der Waals surface area contributed by atoms with Crippen LogP contribution in [0.2, 0.25) is 0 Å². The fourth-order valence-electron chi connectivity index (χ4n) is 3.47. The molecule has 0 amide bonds. The molecule has 0 bridgehead atoms. The fraction of sp³-hybridized carbons (Fsp3) is 0.136. The van der Waals surface area contributed by atoms with Gasteiger partial charge in [-0.05, 0) is 34.9 Å². The molecule has 0 unspecified atom stereocenters. The minimum Gasteiger partial charge on any atom is -0.440 e. The van der Waals surface area contributed by atoms with Crippen LogP contribution in [0.4, 0.5) is 17.6 Å². The third-order valence-corrected chi connectivity index (χ3v) is 4.91. The van der Waals surface area contributed by atoms with Crippen LogP contribution in [-0.2, 0) is 16.8 Å². The summed E-state index contributed by atoms with van der Waals surface area (Å²) in [4.78, 5) is 12.4. The third kappa shape index (κ3) is 2.95. The number of esters is 1. The van der Waals surface area contributed by atoms with Crippen molar-refractivity contribution in [1.82, 2.24) is 0 Å². The zero-order chi connectivity index (χ0) is 19.9. The summed E-state index contributed by atoms with van der Waals surface area (Å²) in [5.74, 6) is -1.72. The van der Waals surface area contributed by atoms with E-state index in [2.05, 4.69) is 0 Å². The second-order valence-electron chi connectivity index (χ2n) is 6.64. The molecular weight excluding hydrogens is 372 g/mol. The first-order valence-corrected chi connectivity index (χ1v) is 8.55. The molecule has 1 heterocycles. The number of fused-ring (bicyclic) bond motifs is 1. The highest BCUT2D eigenvalue weighted by Crippen LogP contribution is 2.48. The van der Waals surface area contributed by atoms with Gasteiger partial charge in [0.2, 0.25) is 5.60 Å². The van der Waals surface area contributed by atoms with Crippen molar-refractivity contribution < 1.29 is 27.1 Å². The van der Waals surface area contributed by atoms with Crippen molar-refractivity contribution in [2.24, 2.45) is 0 Å². The van der Waals surface area contributed by atoms with Crippen molar-refractivity contribution in [2.75, 3.05) is 0 Å². The maximum atomic E-state index is 14.1. The molecule has 0 saturated carbocycles. The van der Waals surface area contributed by atoms with Crippen LogP contribution in [0.3, 0.4) is 0 Å². The molecule has 4 rings (SSSR count). The van der Waals surface area contributed by atoms with Crippen LogP contribution in [-0.4, -0.2) is 12.1 Å². The molecule has 3 aromatic carbocycles. The lowest BCUT2D eigenvalue weighted by Crippen LogP contribution is -2.50. The second kappa shape index (κ2) is 6.48. The van der Waals surface area contributed by atoms with E-state index < -0.39 is 30.0 Å². The second-order valence-corrected chi connectivity index (χ2v) is 6.64. The maximum absolute atomic E-state index is 14.1. The minimum absolute atomic E-state index is 0.0988. The molecule has 1 aliphatic heterocycles. The van der Waals surface area contributed by atoms with Gasteiger partial charge >= 0.3 is 12.1 Å². The van der Waals surface area contributed by atoms with Crippen LogP contribution >= 0.6 is 0 Å². The van der Waals surface area contributed by atoms with Gasteiger partial charge in [-0.15, -0.1) is 0 Å². The van der Waals surface area contributed by atoms with Gasteiger partial charge in [0.15, 0.2) is 0 Å². The van der Waals surface area contributed by atoms with Crippen LogP contribution in [0.15, 0.2) is 72.8 Å². The van der Waals surface area contributed by atoms with Crippen LogP contribution in [0, 0.1) is 5.82 Å². The van der Waals surface area contributed by atoms with Crippen LogP contribution in [0.1, 0.15) is 21.5 Å². The van der Waals surface area contributed by atoms with Crippen molar-refractivity contribution in [3.8, 4) is 11.1 Å². The molecule has 142 valence electrons. The number of benzene rings is 3. The summed E-state index contributed by atoms with van der Waals surface area (Å²) in [6.07, 6.45) is -5.45. The minimum atomic E-state index is -4.87. The zero-order valence-electron chi connectivity index (χ0n) is 14.5. The van der Waals surface area contributed by atoms with Crippen molar-refractivity contribution >= 4 is 5.97 Å². The van der Waals surface area contributed by atoms with Crippen LogP contribution < -0.4 is 0 Å². The van der Waals surface area contributed by atoms with Gasteiger partial charge in [-0.3, -0.25) is 0 Å². The Bertz CT molecular complexity index is 1030. The molecule has 1 atom stereocenters. The van der Waals surface area contributed by atoms with E-state index in [0.29, 0.717) is 5.56 Å². The summed E-state index contributed by atoms with van der Waals surface area (Å²) in [5.41, 5.74) is -1.32. The average Bonchev–Trinajstić information content (AvgIpc) is 2.68. The number of ether oxygens (including phenoxy) is 1. The van der Waals surface area contributed by atoms with E-state index in [9.17, 15) is 22.4 Å². The lowest BCUT2D eigenvalue weighted by molar-refractivity contribution is -0.267. The first-order valence-electron chi connectivity index (χ1n) is 8.55. The number of carbonyl (C=O) groups is 1. The van der Waals surface area contributed by atoms with Crippen molar-refractivity contribution in [3.63, 3.8) is 0 Å². The van der Waals surface area contributed by atoms with Gasteiger partial charge in [-0.25, -0.2) is 9.18 Å². The van der Waals surface area contributed by atoms with Crippen LogP contribution in [0.25, 0.3) is 11.1 Å². The van der Waals surface area contributed by atoms with E-state index in [1.165, 1.54) is 6.07 Å². The smallest absolute Gasteiger partial charge is 0.433 e. The van der Waals surface area contributed by atoms with Crippen molar-refractivity contribution in [1.29, 1.82) is 0 Å². The van der Waals surface area contributed by atoms with E-state index in [0.717, 1.165) is 29.8 Å². The summed E-state index contributed by atoms with van der Waals surface area (Å²) in [6, 6.07) is 17.7. The molecule has 0 aromatic heterocycles. The van der Waals surface area contributed by atoms with E-state index in [4.69, 9.17) is 4.74 Å². The van der Waals surface area contributed by atoms with Gasteiger partial charge in [0.25, 0.3) is 0 Å². The Kier molecular flexibility index (Phi) is 4.22. The predicted molar refractivity (Wildman–Crippen MR) is 95.1 cm³/mol. The Morgan fingerprint density at radius 2 is 1.54 bits per heavy atom. The Balaban J connectivity index is 1.85. The lowest BCUT2D eigenvalue weighted by Gasteiger charge is -2.39. The number of hydrogen-bond donors (Lipinski definition) is 0. The molecule has 6 heteroatoms. The molecule has 1 aliphatic rings. The first kappa shape index (κ1) is 18.2. The van der Waals surface area contributed by atoms with E-state index in [1.54, 1.807) is 12.1 Å². The molecule has 0 aliphatic carbocycles. The molecule has 0 radical (unpaired) electrons. The molecule has 0 saturated heterocycles. The molecule has 0 spiro atoms. The first-order chi connectivity index (χ1) is 13.3. The summed E-state index contributed by atoms with van der Waals surface area (Å²) >= 11 is 0. The topological polar surface area (TPSA) is 26.3 Å². The Morgan fingerprint density at radius 1 is 0.857 bits per heavy atom. The van der Waals surface area contributed by atoms with Crippen LogP contribution in [0.5, 0.6) is 0 Å². The van der Waals surface area contributed by atoms with Crippen molar-refractivity contribution in [3.05, 3.63) is 95.3 Å². The van der Waals surface area contributed by atoms with E-state index in [1.807, 2.05) is 30.3 Å². The quantitative estimate of drug-likeness (QED) is 0.419. The largest absolute Gasteiger partial charge is 0.440 e. The van der Waals surface area contributed by atoms with Gasteiger partial charge in [0, 0.05) is 12.0 Å². The third-order valence-electron chi connectivity index (χ3n) is 4.91. The molecule has 2 nitrogen and oxygen atoms in total. The number of cyclic esters (lactones) is 1. The number of carbonyl (C=O) groups excluding carboxylic acids is 1. The SMILES string of the molecule is O=C1O[C@@](c2ccc(F)cc2)(C(F)(F)F)Cc2cc(-c3ccccc3)ccc21. The fourth-order valence-corrected chi connectivity index (χ4v) is 3.47. The molecule has 0 N–H and O–H groups in total. The Morgan fingerprint density at radius 3 is 2.18 bits per heavy atom. The number of hydrogen-bond acceptors (Lipinski definition) is 2. The van der Waals surface area contributed by atoms with Gasteiger partial charge < -0.3 is 4.74 Å². The summed E-state index contributed by atoms with van der Waals surface area (Å²) in [6.45, 7) is 0. The van der Waals surface area contributed by atoms with Gasteiger partial charge in [-0.1, -0.05) is 54.6 Å². The number of rotatable bonds is 2. The molecule has 28 heavy (non-hydrogen) atoms. The zero-order valence-corrected chi connectivity index (χ0v) is 14.5. The molecule has 3 aromatic rings. The van der Waals surface area contributed by atoms with Gasteiger partial charge in [-0.2, -0.15) is 13.2 Å². The number of halogens is 4. The number of alkyl halides is 3. The van der Waals surface area contributed by atoms with E-state index in [-0.39, 0.29) is 16.7 Å². The average molecular weight is 386 g/mol. The highest BCUT2D eigenvalue weighted by Gasteiger charge is 2.61. The van der Waals surface area contributed by atoms with E-state index >= 15 is 0 Å². The summed E-state index contributed by atoms with van der Waals surface area (Å²) < 4.78 is 60.5. The Labute approximate surface area is 158 Å². The highest BCUT2D eigenvalue weighted by molar-refractivity contribution is 5.93. The normalized spacial score (nSPS) is 19.1. The molecule has 0 fully saturated rings. The molecular formula is C22H14F4O2. The highest BCUT2D eigenvalue weighted by atomic mass is 19.4. The maximum Gasteiger partial charge on any atom is 0.433 e. The summed E-state index contributed by atoms with van der Waals surface area (Å²) in [5, 5.41) is 0. The van der Waals surface area contributed by atoms with Crippen molar-refractivity contribution in [2.45, 2.75) is 18.2 Å².